The van der Waals surface area contributed by atoms with Crippen LogP contribution >= 0.6 is 0 Å². The van der Waals surface area contributed by atoms with Crippen LogP contribution in [-0.4, -0.2) is 33.0 Å². The van der Waals surface area contributed by atoms with E-state index in [1.54, 1.807) is 0 Å². The summed E-state index contributed by atoms with van der Waals surface area (Å²) in [6.45, 7) is 6.37. The molecule has 0 spiro atoms. The van der Waals surface area contributed by atoms with Gasteiger partial charge in [0, 0.05) is 0 Å². The van der Waals surface area contributed by atoms with Crippen molar-refractivity contribution in [3.05, 3.63) is 37.3 Å². The van der Waals surface area contributed by atoms with Gasteiger partial charge in [-0.1, -0.05) is 24.8 Å². The summed E-state index contributed by atoms with van der Waals surface area (Å²) in [5, 5.41) is 0. The maximum atomic E-state index is 5.43. The molecule has 0 aliphatic rings. The van der Waals surface area contributed by atoms with Gasteiger partial charge < -0.3 is 21.1 Å². The first kappa shape index (κ1) is 15.9. The van der Waals surface area contributed by atoms with Gasteiger partial charge in [0.1, 0.15) is 12.4 Å². The Balaban J connectivity index is 0.00000225. The summed E-state index contributed by atoms with van der Waals surface area (Å²) < 4.78 is 15.7. The minimum absolute atomic E-state index is 0. The van der Waals surface area contributed by atoms with Crippen LogP contribution in [0.25, 0.3) is 0 Å². The SMILES string of the molecule is [CH2-]COCCOCCOc1ccccc1.[Na+]. The fourth-order valence-corrected chi connectivity index (χ4v) is 1.06. The molecule has 3 nitrogen and oxygen atoms in total. The first-order valence-electron chi connectivity index (χ1n) is 5.06. The van der Waals surface area contributed by atoms with E-state index >= 15 is 0 Å². The zero-order chi connectivity index (χ0) is 10.8. The number of hydrogen-bond donors (Lipinski definition) is 0. The molecule has 0 radical (unpaired) electrons. The maximum absolute atomic E-state index is 5.43. The first-order valence-corrected chi connectivity index (χ1v) is 5.06. The molecular weight excluding hydrogens is 215 g/mol. The molecule has 0 unspecified atom stereocenters. The third kappa shape index (κ3) is 8.13. The Bertz CT molecular complexity index is 241. The molecule has 0 atom stereocenters. The van der Waals surface area contributed by atoms with Gasteiger partial charge >= 0.3 is 29.6 Å². The number of rotatable bonds is 8. The van der Waals surface area contributed by atoms with Crippen molar-refractivity contribution in [3.8, 4) is 5.75 Å². The molecule has 0 heterocycles. The van der Waals surface area contributed by atoms with Crippen molar-refractivity contribution < 1.29 is 43.8 Å². The Labute approximate surface area is 119 Å². The molecule has 0 aromatic heterocycles. The molecule has 0 bridgehead atoms. The second kappa shape index (κ2) is 11.4. The van der Waals surface area contributed by atoms with E-state index in [1.807, 2.05) is 30.3 Å². The van der Waals surface area contributed by atoms with Crippen molar-refractivity contribution in [2.24, 2.45) is 0 Å². The van der Waals surface area contributed by atoms with Crippen LogP contribution in [0.3, 0.4) is 0 Å². The van der Waals surface area contributed by atoms with E-state index in [9.17, 15) is 0 Å². The van der Waals surface area contributed by atoms with Gasteiger partial charge in [-0.05, 0) is 12.1 Å². The van der Waals surface area contributed by atoms with Crippen LogP contribution in [0.5, 0.6) is 5.75 Å². The number of benzene rings is 1. The third-order valence-corrected chi connectivity index (χ3v) is 1.76. The first-order chi connectivity index (χ1) is 7.43. The fraction of sp³-hybridized carbons (Fsp3) is 0.417. The second-order valence-corrected chi connectivity index (χ2v) is 2.89. The van der Waals surface area contributed by atoms with E-state index in [1.165, 1.54) is 0 Å². The van der Waals surface area contributed by atoms with Gasteiger partial charge in [0.25, 0.3) is 0 Å². The van der Waals surface area contributed by atoms with Crippen LogP contribution in [-0.2, 0) is 9.47 Å². The van der Waals surface area contributed by atoms with Crippen LogP contribution < -0.4 is 34.3 Å². The zero-order valence-electron chi connectivity index (χ0n) is 9.85. The number of hydrogen-bond acceptors (Lipinski definition) is 3. The Hall–Kier alpha value is -0.0600. The Morgan fingerprint density at radius 2 is 1.50 bits per heavy atom. The molecule has 84 valence electrons. The molecule has 0 aliphatic heterocycles. The van der Waals surface area contributed by atoms with Crippen molar-refractivity contribution in [2.45, 2.75) is 0 Å². The standard InChI is InChI=1S/C12H17O3.Na/c1-2-13-8-9-14-10-11-15-12-6-4-3-5-7-12;/h3-7H,1-2,8-11H2;/q-1;+1. The van der Waals surface area contributed by atoms with E-state index in [4.69, 9.17) is 14.2 Å². The summed E-state index contributed by atoms with van der Waals surface area (Å²) in [6, 6.07) is 9.69. The summed E-state index contributed by atoms with van der Waals surface area (Å²) in [7, 11) is 0. The predicted octanol–water partition coefficient (Wildman–Crippen LogP) is -1.06. The van der Waals surface area contributed by atoms with E-state index in [-0.39, 0.29) is 29.6 Å². The molecule has 0 amide bonds. The molecule has 0 saturated heterocycles. The summed E-state index contributed by atoms with van der Waals surface area (Å²) in [4.78, 5) is 0. The maximum Gasteiger partial charge on any atom is 1.00 e. The van der Waals surface area contributed by atoms with E-state index in [0.717, 1.165) is 5.75 Å². The monoisotopic (exact) mass is 232 g/mol. The number of para-hydroxylation sites is 1. The molecule has 0 aliphatic carbocycles. The minimum atomic E-state index is 0. The largest absolute Gasteiger partial charge is 1.00 e. The normalized spacial score (nSPS) is 9.56. The molecule has 0 N–H and O–H groups in total. The van der Waals surface area contributed by atoms with Crippen molar-refractivity contribution in [1.82, 2.24) is 0 Å². The zero-order valence-corrected chi connectivity index (χ0v) is 11.9. The van der Waals surface area contributed by atoms with Gasteiger partial charge in [0.2, 0.25) is 0 Å². The smallest absolute Gasteiger partial charge is 0.491 e. The Morgan fingerprint density at radius 1 is 0.875 bits per heavy atom. The third-order valence-electron chi connectivity index (χ3n) is 1.76. The van der Waals surface area contributed by atoms with Gasteiger partial charge in [-0.3, -0.25) is 0 Å². The van der Waals surface area contributed by atoms with Crippen molar-refractivity contribution in [1.29, 1.82) is 0 Å². The Kier molecular flexibility index (Phi) is 11.4. The minimum Gasteiger partial charge on any atom is -0.491 e. The van der Waals surface area contributed by atoms with Gasteiger partial charge in [-0.25, -0.2) is 0 Å². The summed E-state index contributed by atoms with van der Waals surface area (Å²) in [5.74, 6) is 0.870. The molecular formula is C12H17NaO3. The second-order valence-electron chi connectivity index (χ2n) is 2.89. The van der Waals surface area contributed by atoms with E-state index < -0.39 is 0 Å². The van der Waals surface area contributed by atoms with Crippen molar-refractivity contribution >= 4 is 0 Å². The molecule has 1 aromatic carbocycles. The fourth-order valence-electron chi connectivity index (χ4n) is 1.06. The number of ether oxygens (including phenoxy) is 3. The van der Waals surface area contributed by atoms with Gasteiger partial charge in [0.15, 0.2) is 0 Å². The summed E-state index contributed by atoms with van der Waals surface area (Å²) in [5.41, 5.74) is 0. The van der Waals surface area contributed by atoms with Gasteiger partial charge in [-0.15, -0.1) is 0 Å². The average molecular weight is 232 g/mol. The Morgan fingerprint density at radius 3 is 2.19 bits per heavy atom. The molecule has 16 heavy (non-hydrogen) atoms. The van der Waals surface area contributed by atoms with Gasteiger partial charge in [0.05, 0.1) is 19.8 Å². The quantitative estimate of drug-likeness (QED) is 0.325. The van der Waals surface area contributed by atoms with E-state index in [2.05, 4.69) is 6.92 Å². The average Bonchev–Trinajstić information content (AvgIpc) is 2.29. The van der Waals surface area contributed by atoms with Gasteiger partial charge in [-0.2, -0.15) is 0 Å². The molecule has 1 aromatic rings. The molecule has 0 fully saturated rings. The summed E-state index contributed by atoms with van der Waals surface area (Å²) >= 11 is 0. The topological polar surface area (TPSA) is 27.7 Å². The predicted molar refractivity (Wildman–Crippen MR) is 58.9 cm³/mol. The van der Waals surface area contributed by atoms with Crippen LogP contribution in [0.15, 0.2) is 30.3 Å². The van der Waals surface area contributed by atoms with E-state index in [0.29, 0.717) is 33.0 Å². The molecule has 1 rings (SSSR count). The summed E-state index contributed by atoms with van der Waals surface area (Å²) in [6.07, 6.45) is 0. The van der Waals surface area contributed by atoms with Crippen molar-refractivity contribution in [2.75, 3.05) is 33.0 Å². The van der Waals surface area contributed by atoms with Crippen molar-refractivity contribution in [3.63, 3.8) is 0 Å². The van der Waals surface area contributed by atoms with Crippen LogP contribution in [0.1, 0.15) is 0 Å². The van der Waals surface area contributed by atoms with Crippen LogP contribution in [0.4, 0.5) is 0 Å². The van der Waals surface area contributed by atoms with Crippen LogP contribution in [0.2, 0.25) is 0 Å². The molecule has 4 heteroatoms. The molecule has 0 saturated carbocycles. The van der Waals surface area contributed by atoms with Crippen LogP contribution in [0, 0.1) is 6.92 Å².